The number of nitrogens with two attached hydrogens (primary N) is 1. The molecule has 5 amide bonds. The van der Waals surface area contributed by atoms with Gasteiger partial charge in [0.05, 0.1) is 13.1 Å². The van der Waals surface area contributed by atoms with Gasteiger partial charge in [-0.15, -0.1) is 0 Å². The first kappa shape index (κ1) is 33.7. The van der Waals surface area contributed by atoms with E-state index < -0.39 is 65.7 Å². The number of ether oxygens (including phenoxy) is 3. The number of nitrogens with one attached hydrogen (secondary N) is 4. The van der Waals surface area contributed by atoms with Gasteiger partial charge in [-0.25, -0.2) is 9.59 Å². The van der Waals surface area contributed by atoms with Crippen molar-refractivity contribution in [1.29, 1.82) is 0 Å². The summed E-state index contributed by atoms with van der Waals surface area (Å²) in [6.07, 6.45) is -1.72. The van der Waals surface area contributed by atoms with E-state index in [1.807, 2.05) is 0 Å². The highest BCUT2D eigenvalue weighted by Crippen LogP contribution is 2.17. The second-order valence-corrected chi connectivity index (χ2v) is 10.8. The normalized spacial score (nSPS) is 12.7. The van der Waals surface area contributed by atoms with Gasteiger partial charge in [0.15, 0.2) is 0 Å². The fourth-order valence-electron chi connectivity index (χ4n) is 2.90. The van der Waals surface area contributed by atoms with Crippen LogP contribution in [0.1, 0.15) is 54.0 Å². The average Bonchev–Trinajstić information content (AvgIpc) is 2.79. The summed E-state index contributed by atoms with van der Waals surface area (Å²) in [7, 11) is 0. The molecule has 1 aromatic carbocycles. The molecule has 0 aliphatic rings. The van der Waals surface area contributed by atoms with Crippen LogP contribution in [0.4, 0.5) is 9.59 Å². The highest BCUT2D eigenvalue weighted by atomic mass is 16.7. The van der Waals surface area contributed by atoms with E-state index in [2.05, 4.69) is 21.3 Å². The molecule has 1 unspecified atom stereocenters. The number of hydrogen-bond acceptors (Lipinski definition) is 9. The van der Waals surface area contributed by atoms with E-state index in [0.29, 0.717) is 5.56 Å². The van der Waals surface area contributed by atoms with Crippen molar-refractivity contribution in [3.05, 3.63) is 29.8 Å². The van der Waals surface area contributed by atoms with Gasteiger partial charge in [0.1, 0.15) is 29.0 Å². The molecular formula is C26H39N5O9. The van der Waals surface area contributed by atoms with Crippen molar-refractivity contribution in [2.24, 2.45) is 5.73 Å². The smallest absolute Gasteiger partial charge is 0.444 e. The van der Waals surface area contributed by atoms with Crippen LogP contribution in [0.2, 0.25) is 0 Å². The summed E-state index contributed by atoms with van der Waals surface area (Å²) in [5.74, 6) is -2.55. The largest absolute Gasteiger partial charge is 0.514 e. The summed E-state index contributed by atoms with van der Waals surface area (Å²) >= 11 is 0. The van der Waals surface area contributed by atoms with Crippen LogP contribution in [0.25, 0.3) is 0 Å². The number of primary amides is 1. The third kappa shape index (κ3) is 14.5. The van der Waals surface area contributed by atoms with Gasteiger partial charge in [-0.2, -0.15) is 0 Å². The zero-order chi connectivity index (χ0) is 30.7. The lowest BCUT2D eigenvalue weighted by Crippen LogP contribution is -2.54. The molecule has 6 N–H and O–H groups in total. The SMILES string of the molecule is C[C@H](NC(=O)C(Cc1ccc(OC(=O)OC(C)(C)C)cc1)NC(=O)OC(C)(C)C)C(=O)NCC(=O)NCC(N)=O. The quantitative estimate of drug-likeness (QED) is 0.188. The molecule has 0 fully saturated rings. The highest BCUT2D eigenvalue weighted by molar-refractivity contribution is 5.93. The van der Waals surface area contributed by atoms with E-state index in [1.165, 1.54) is 19.1 Å². The Morgan fingerprint density at radius 3 is 1.90 bits per heavy atom. The number of rotatable bonds is 11. The molecule has 0 aliphatic heterocycles. The molecule has 0 aromatic heterocycles. The lowest BCUT2D eigenvalue weighted by molar-refractivity contribution is -0.131. The molecule has 0 spiro atoms. The molecule has 222 valence electrons. The van der Waals surface area contributed by atoms with Gasteiger partial charge in [-0.3, -0.25) is 19.2 Å². The highest BCUT2D eigenvalue weighted by Gasteiger charge is 2.27. The standard InChI is InChI=1S/C26H39N5O9/c1-15(21(34)29-14-20(33)28-13-19(27)32)30-22(35)18(31-23(36)39-25(2,3)4)12-16-8-10-17(11-9-16)38-24(37)40-26(5,6)7/h8-11,15,18H,12-14H2,1-7H3,(H2,27,32)(H,28,33)(H,29,34)(H,30,35)(H,31,36)/t15-,18?/m0/s1. The van der Waals surface area contributed by atoms with Crippen molar-refractivity contribution in [1.82, 2.24) is 21.3 Å². The van der Waals surface area contributed by atoms with Crippen LogP contribution in [-0.4, -0.2) is 72.3 Å². The number of amides is 5. The van der Waals surface area contributed by atoms with Gasteiger partial charge >= 0.3 is 12.2 Å². The second-order valence-electron chi connectivity index (χ2n) is 10.8. The fourth-order valence-corrected chi connectivity index (χ4v) is 2.90. The van der Waals surface area contributed by atoms with Gasteiger partial charge in [0, 0.05) is 6.42 Å². The van der Waals surface area contributed by atoms with Crippen LogP contribution in [0, 0.1) is 0 Å². The van der Waals surface area contributed by atoms with Crippen molar-refractivity contribution in [3.8, 4) is 5.75 Å². The topological polar surface area (TPSA) is 204 Å². The number of carbonyl (C=O) groups excluding carboxylic acids is 6. The number of alkyl carbamates (subject to hydrolysis) is 1. The molecule has 2 atom stereocenters. The summed E-state index contributed by atoms with van der Waals surface area (Å²) in [6.45, 7) is 10.7. The Bertz CT molecular complexity index is 1080. The van der Waals surface area contributed by atoms with Gasteiger partial charge in [-0.1, -0.05) is 12.1 Å². The Kier molecular flexibility index (Phi) is 12.4. The minimum Gasteiger partial charge on any atom is -0.444 e. The molecule has 1 rings (SSSR count). The van der Waals surface area contributed by atoms with E-state index in [4.69, 9.17) is 19.9 Å². The third-order valence-corrected chi connectivity index (χ3v) is 4.60. The molecule has 0 saturated carbocycles. The Morgan fingerprint density at radius 1 is 0.800 bits per heavy atom. The zero-order valence-electron chi connectivity index (χ0n) is 23.8. The van der Waals surface area contributed by atoms with Gasteiger partial charge < -0.3 is 41.2 Å². The van der Waals surface area contributed by atoms with Crippen LogP contribution >= 0.6 is 0 Å². The average molecular weight is 566 g/mol. The van der Waals surface area contributed by atoms with Crippen molar-refractivity contribution < 1.29 is 43.0 Å². The molecule has 1 aromatic rings. The van der Waals surface area contributed by atoms with E-state index in [-0.39, 0.29) is 18.7 Å². The zero-order valence-corrected chi connectivity index (χ0v) is 23.8. The van der Waals surface area contributed by atoms with Gasteiger partial charge in [0.2, 0.25) is 23.6 Å². The minimum absolute atomic E-state index is 0.00164. The minimum atomic E-state index is -1.15. The van der Waals surface area contributed by atoms with Crippen LogP contribution in [0.3, 0.4) is 0 Å². The predicted molar refractivity (Wildman–Crippen MR) is 143 cm³/mol. The Morgan fingerprint density at radius 2 is 1.38 bits per heavy atom. The molecular weight excluding hydrogens is 526 g/mol. The Hall–Kier alpha value is -4.36. The van der Waals surface area contributed by atoms with Crippen LogP contribution in [0.5, 0.6) is 5.75 Å². The van der Waals surface area contributed by atoms with E-state index >= 15 is 0 Å². The van der Waals surface area contributed by atoms with E-state index in [9.17, 15) is 28.8 Å². The van der Waals surface area contributed by atoms with Crippen molar-refractivity contribution >= 4 is 35.9 Å². The number of carbonyl (C=O) groups is 6. The van der Waals surface area contributed by atoms with Gasteiger partial charge in [0.25, 0.3) is 0 Å². The predicted octanol–water partition coefficient (Wildman–Crippen LogP) is 0.659. The molecule has 0 aliphatic carbocycles. The number of benzene rings is 1. The summed E-state index contributed by atoms with van der Waals surface area (Å²) in [5, 5.41) is 9.53. The van der Waals surface area contributed by atoms with Crippen LogP contribution < -0.4 is 31.7 Å². The lowest BCUT2D eigenvalue weighted by Gasteiger charge is -2.24. The van der Waals surface area contributed by atoms with Crippen molar-refractivity contribution in [3.63, 3.8) is 0 Å². The van der Waals surface area contributed by atoms with Crippen LogP contribution in [-0.2, 0) is 35.1 Å². The van der Waals surface area contributed by atoms with E-state index in [1.54, 1.807) is 53.7 Å². The maximum atomic E-state index is 13.0. The van der Waals surface area contributed by atoms with E-state index in [0.717, 1.165) is 0 Å². The summed E-state index contributed by atoms with van der Waals surface area (Å²) in [6, 6.07) is 3.96. The van der Waals surface area contributed by atoms with Crippen molar-refractivity contribution in [2.45, 2.75) is 78.2 Å². The summed E-state index contributed by atoms with van der Waals surface area (Å²) in [5.41, 5.74) is 3.99. The van der Waals surface area contributed by atoms with Crippen LogP contribution in [0.15, 0.2) is 24.3 Å². The second kappa shape index (κ2) is 14.7. The van der Waals surface area contributed by atoms with Crippen molar-refractivity contribution in [2.75, 3.05) is 13.1 Å². The monoisotopic (exact) mass is 565 g/mol. The molecule has 14 heteroatoms. The van der Waals surface area contributed by atoms with Gasteiger partial charge in [-0.05, 0) is 66.2 Å². The molecule has 40 heavy (non-hydrogen) atoms. The first-order chi connectivity index (χ1) is 18.3. The first-order valence-corrected chi connectivity index (χ1v) is 12.5. The third-order valence-electron chi connectivity index (χ3n) is 4.60. The summed E-state index contributed by atoms with van der Waals surface area (Å²) < 4.78 is 15.5. The molecule has 0 heterocycles. The fraction of sp³-hybridized carbons (Fsp3) is 0.538. The lowest BCUT2D eigenvalue weighted by atomic mass is 10.0. The maximum Gasteiger partial charge on any atom is 0.514 e. The maximum absolute atomic E-state index is 13.0. The number of hydrogen-bond donors (Lipinski definition) is 5. The molecule has 0 radical (unpaired) electrons. The Balaban J connectivity index is 2.89. The Labute approximate surface area is 233 Å². The summed E-state index contributed by atoms with van der Waals surface area (Å²) in [4.78, 5) is 72.1. The molecule has 0 saturated heterocycles. The molecule has 0 bridgehead atoms. The molecule has 14 nitrogen and oxygen atoms in total. The first-order valence-electron chi connectivity index (χ1n) is 12.5.